The van der Waals surface area contributed by atoms with E-state index in [9.17, 15) is 4.39 Å². The number of nitrogens with zero attached hydrogens (tertiary/aromatic N) is 2. The smallest absolute Gasteiger partial charge is 0.129 e. The molecular formula is C15H18FN3. The van der Waals surface area contributed by atoms with Crippen LogP contribution >= 0.6 is 0 Å². The van der Waals surface area contributed by atoms with Crippen molar-refractivity contribution in [2.75, 3.05) is 19.6 Å². The summed E-state index contributed by atoms with van der Waals surface area (Å²) >= 11 is 0. The lowest BCUT2D eigenvalue weighted by atomic mass is 9.91. The van der Waals surface area contributed by atoms with Crippen molar-refractivity contribution in [3.05, 3.63) is 35.1 Å². The van der Waals surface area contributed by atoms with Crippen LogP contribution in [0.1, 0.15) is 24.0 Å². The number of hydrogen-bond donors (Lipinski definition) is 1. The van der Waals surface area contributed by atoms with Crippen LogP contribution in [-0.4, -0.2) is 30.6 Å². The Morgan fingerprint density at radius 3 is 3.11 bits per heavy atom. The van der Waals surface area contributed by atoms with E-state index in [-0.39, 0.29) is 5.82 Å². The van der Waals surface area contributed by atoms with E-state index >= 15 is 0 Å². The molecule has 1 aromatic rings. The van der Waals surface area contributed by atoms with Gasteiger partial charge in [0.25, 0.3) is 0 Å². The summed E-state index contributed by atoms with van der Waals surface area (Å²) in [5, 5.41) is 12.2. The molecule has 100 valence electrons. The third-order valence-corrected chi connectivity index (χ3v) is 4.35. The number of nitriles is 1. The van der Waals surface area contributed by atoms with Crippen molar-refractivity contribution in [2.24, 2.45) is 5.92 Å². The van der Waals surface area contributed by atoms with Crippen molar-refractivity contribution in [3.63, 3.8) is 0 Å². The van der Waals surface area contributed by atoms with Gasteiger partial charge in [-0.15, -0.1) is 0 Å². The zero-order valence-electron chi connectivity index (χ0n) is 10.9. The van der Waals surface area contributed by atoms with Gasteiger partial charge in [0.2, 0.25) is 0 Å². The molecule has 0 saturated carbocycles. The van der Waals surface area contributed by atoms with Gasteiger partial charge in [-0.25, -0.2) is 4.39 Å². The molecule has 2 heterocycles. The number of nitrogens with one attached hydrogen (secondary N) is 1. The first-order chi connectivity index (χ1) is 9.28. The maximum atomic E-state index is 13.9. The van der Waals surface area contributed by atoms with Crippen molar-refractivity contribution in [3.8, 4) is 6.07 Å². The van der Waals surface area contributed by atoms with Gasteiger partial charge < -0.3 is 5.32 Å². The largest absolute Gasteiger partial charge is 0.315 e. The fraction of sp³-hybridized carbons (Fsp3) is 0.533. The maximum Gasteiger partial charge on any atom is 0.129 e. The summed E-state index contributed by atoms with van der Waals surface area (Å²) in [6.07, 6.45) is 2.48. The molecule has 0 amide bonds. The minimum Gasteiger partial charge on any atom is -0.315 e. The van der Waals surface area contributed by atoms with Gasteiger partial charge in [-0.05, 0) is 44.0 Å². The summed E-state index contributed by atoms with van der Waals surface area (Å²) in [6.45, 7) is 3.81. The Bertz CT molecular complexity index is 509. The van der Waals surface area contributed by atoms with E-state index < -0.39 is 0 Å². The Labute approximate surface area is 113 Å². The number of halogens is 1. The van der Waals surface area contributed by atoms with Crippen molar-refractivity contribution in [2.45, 2.75) is 25.4 Å². The molecule has 2 unspecified atom stereocenters. The second kappa shape index (κ2) is 5.28. The fourth-order valence-corrected chi connectivity index (χ4v) is 3.32. The standard InChI is InChI=1S/C15H18FN3/c16-14-6-11(7-17)3-4-13(14)10-19-5-1-2-12-8-18-9-15(12)19/h3-4,6,12,15,18H,1-2,5,8-10H2. The molecule has 1 aromatic carbocycles. The molecule has 0 bridgehead atoms. The average molecular weight is 259 g/mol. The molecule has 2 aliphatic heterocycles. The zero-order valence-corrected chi connectivity index (χ0v) is 10.9. The van der Waals surface area contributed by atoms with Crippen LogP contribution in [-0.2, 0) is 6.54 Å². The number of hydrogen-bond acceptors (Lipinski definition) is 3. The number of fused-ring (bicyclic) bond motifs is 1. The number of piperidine rings is 1. The van der Waals surface area contributed by atoms with Crippen LogP contribution < -0.4 is 5.32 Å². The zero-order chi connectivity index (χ0) is 13.2. The van der Waals surface area contributed by atoms with E-state index in [4.69, 9.17) is 5.26 Å². The fourth-order valence-electron chi connectivity index (χ4n) is 3.32. The lowest BCUT2D eigenvalue weighted by Gasteiger charge is -2.37. The summed E-state index contributed by atoms with van der Waals surface area (Å²) < 4.78 is 13.9. The van der Waals surface area contributed by atoms with Gasteiger partial charge in [-0.2, -0.15) is 5.26 Å². The molecule has 0 spiro atoms. The lowest BCUT2D eigenvalue weighted by molar-refractivity contribution is 0.116. The Kier molecular flexibility index (Phi) is 3.50. The molecule has 3 rings (SSSR count). The SMILES string of the molecule is N#Cc1ccc(CN2CCCC3CNCC32)c(F)c1. The average Bonchev–Trinajstić information content (AvgIpc) is 2.90. The highest BCUT2D eigenvalue weighted by molar-refractivity contribution is 5.32. The van der Waals surface area contributed by atoms with Crippen molar-refractivity contribution >= 4 is 0 Å². The second-order valence-electron chi connectivity index (χ2n) is 5.52. The summed E-state index contributed by atoms with van der Waals surface area (Å²) in [7, 11) is 0. The van der Waals surface area contributed by atoms with E-state index in [0.717, 1.165) is 25.6 Å². The Morgan fingerprint density at radius 1 is 1.42 bits per heavy atom. The summed E-state index contributed by atoms with van der Waals surface area (Å²) in [5.74, 6) is 0.460. The molecule has 2 fully saturated rings. The highest BCUT2D eigenvalue weighted by atomic mass is 19.1. The van der Waals surface area contributed by atoms with Crippen LogP contribution in [0, 0.1) is 23.1 Å². The predicted molar refractivity (Wildman–Crippen MR) is 70.9 cm³/mol. The molecule has 2 atom stereocenters. The number of likely N-dealkylation sites (tertiary alicyclic amines) is 1. The predicted octanol–water partition coefficient (Wildman–Crippen LogP) is 1.88. The number of rotatable bonds is 2. The maximum absolute atomic E-state index is 13.9. The highest BCUT2D eigenvalue weighted by Crippen LogP contribution is 2.28. The van der Waals surface area contributed by atoms with Gasteiger partial charge in [0.05, 0.1) is 11.6 Å². The second-order valence-corrected chi connectivity index (χ2v) is 5.52. The molecule has 1 N–H and O–H groups in total. The lowest BCUT2D eigenvalue weighted by Crippen LogP contribution is -2.44. The van der Waals surface area contributed by atoms with E-state index in [0.29, 0.717) is 23.7 Å². The van der Waals surface area contributed by atoms with Gasteiger partial charge in [0.1, 0.15) is 5.82 Å². The topological polar surface area (TPSA) is 39.1 Å². The Hall–Kier alpha value is -1.44. The van der Waals surface area contributed by atoms with E-state index in [1.165, 1.54) is 18.9 Å². The first kappa shape index (κ1) is 12.6. The minimum absolute atomic E-state index is 0.257. The summed E-state index contributed by atoms with van der Waals surface area (Å²) in [6, 6.07) is 7.31. The minimum atomic E-state index is -0.257. The third-order valence-electron chi connectivity index (χ3n) is 4.35. The first-order valence-electron chi connectivity index (χ1n) is 6.91. The Balaban J connectivity index is 1.75. The van der Waals surface area contributed by atoms with E-state index in [2.05, 4.69) is 10.2 Å². The number of benzene rings is 1. The molecular weight excluding hydrogens is 241 g/mol. The highest BCUT2D eigenvalue weighted by Gasteiger charge is 2.34. The monoisotopic (exact) mass is 259 g/mol. The van der Waals surface area contributed by atoms with Crippen LogP contribution in [0.4, 0.5) is 4.39 Å². The van der Waals surface area contributed by atoms with Crippen molar-refractivity contribution in [1.82, 2.24) is 10.2 Å². The van der Waals surface area contributed by atoms with Crippen molar-refractivity contribution in [1.29, 1.82) is 5.26 Å². The van der Waals surface area contributed by atoms with Gasteiger partial charge in [-0.3, -0.25) is 4.90 Å². The van der Waals surface area contributed by atoms with Crippen LogP contribution in [0.2, 0.25) is 0 Å². The molecule has 2 aliphatic rings. The van der Waals surface area contributed by atoms with Gasteiger partial charge in [0.15, 0.2) is 0 Å². The molecule has 0 radical (unpaired) electrons. The normalized spacial score (nSPS) is 26.9. The summed E-state index contributed by atoms with van der Waals surface area (Å²) in [4.78, 5) is 2.39. The van der Waals surface area contributed by atoms with Crippen LogP contribution in [0.5, 0.6) is 0 Å². The van der Waals surface area contributed by atoms with Gasteiger partial charge in [0, 0.05) is 24.7 Å². The van der Waals surface area contributed by atoms with Crippen LogP contribution in [0.15, 0.2) is 18.2 Å². The quantitative estimate of drug-likeness (QED) is 0.881. The molecule has 0 aromatic heterocycles. The molecule has 3 nitrogen and oxygen atoms in total. The molecule has 0 aliphatic carbocycles. The molecule has 4 heteroatoms. The van der Waals surface area contributed by atoms with Gasteiger partial charge in [-0.1, -0.05) is 6.07 Å². The van der Waals surface area contributed by atoms with Crippen molar-refractivity contribution < 1.29 is 4.39 Å². The van der Waals surface area contributed by atoms with E-state index in [1.807, 2.05) is 6.07 Å². The molecule has 19 heavy (non-hydrogen) atoms. The van der Waals surface area contributed by atoms with Gasteiger partial charge >= 0.3 is 0 Å². The van der Waals surface area contributed by atoms with Crippen LogP contribution in [0.3, 0.4) is 0 Å². The Morgan fingerprint density at radius 2 is 2.32 bits per heavy atom. The first-order valence-corrected chi connectivity index (χ1v) is 6.91. The third kappa shape index (κ3) is 2.49. The van der Waals surface area contributed by atoms with Crippen LogP contribution in [0.25, 0.3) is 0 Å². The molecule has 2 saturated heterocycles. The summed E-state index contributed by atoms with van der Waals surface area (Å²) in [5.41, 5.74) is 1.09. The van der Waals surface area contributed by atoms with E-state index in [1.54, 1.807) is 12.1 Å².